The number of benzene rings is 4. The fourth-order valence-electron chi connectivity index (χ4n) is 9.08. The molecule has 0 unspecified atom stereocenters. The van der Waals surface area contributed by atoms with Gasteiger partial charge in [-0.2, -0.15) is 0 Å². The monoisotopic (exact) mass is 834 g/mol. The largest absolute Gasteiger partial charge is 0.508 e. The third kappa shape index (κ3) is 8.71. The lowest BCUT2D eigenvalue weighted by molar-refractivity contribution is -0.138. The van der Waals surface area contributed by atoms with Crippen LogP contribution < -0.4 is 0 Å². The first-order valence-electron chi connectivity index (χ1n) is 21.6. The fraction of sp³-hybridized carbons (Fsp3) is 0.327. The van der Waals surface area contributed by atoms with Crippen molar-refractivity contribution in [1.82, 2.24) is 39.5 Å². The number of amides is 3. The predicted molar refractivity (Wildman–Crippen MR) is 238 cm³/mol. The Morgan fingerprint density at radius 3 is 1.66 bits per heavy atom. The Morgan fingerprint density at radius 1 is 0.694 bits per heavy atom. The van der Waals surface area contributed by atoms with E-state index in [1.54, 1.807) is 23.2 Å². The molecule has 8 rings (SSSR count). The minimum Gasteiger partial charge on any atom is -0.508 e. The lowest BCUT2D eigenvalue weighted by atomic mass is 10.0. The van der Waals surface area contributed by atoms with Gasteiger partial charge in [-0.3, -0.25) is 19.4 Å². The molecule has 0 spiro atoms. The number of phenolic OH excluding ortho intramolecular Hbond substituents is 1. The number of H-pyrrole nitrogens is 2. The second kappa shape index (κ2) is 18.5. The van der Waals surface area contributed by atoms with E-state index in [0.29, 0.717) is 25.3 Å². The lowest BCUT2D eigenvalue weighted by Gasteiger charge is -2.34. The van der Waals surface area contributed by atoms with Crippen LogP contribution in [0.5, 0.6) is 5.75 Å². The zero-order valence-corrected chi connectivity index (χ0v) is 35.4. The van der Waals surface area contributed by atoms with Crippen molar-refractivity contribution in [2.24, 2.45) is 0 Å². The number of hydrogen-bond acceptors (Lipinski definition) is 7. The van der Waals surface area contributed by atoms with E-state index < -0.39 is 12.1 Å². The zero-order chi connectivity index (χ0) is 43.3. The van der Waals surface area contributed by atoms with Gasteiger partial charge >= 0.3 is 6.09 Å². The number of aromatic amines is 2. The summed E-state index contributed by atoms with van der Waals surface area (Å²) in [5.74, 6) is 1.43. The minimum atomic E-state index is -1.19. The van der Waals surface area contributed by atoms with Gasteiger partial charge in [0.05, 0.1) is 35.9 Å². The highest BCUT2D eigenvalue weighted by molar-refractivity contribution is 5.86. The van der Waals surface area contributed by atoms with Gasteiger partial charge in [0.15, 0.2) is 0 Å². The maximum absolute atomic E-state index is 14.2. The Kier molecular flexibility index (Phi) is 12.5. The summed E-state index contributed by atoms with van der Waals surface area (Å²) in [6.45, 7) is 6.98. The number of nitrogens with zero attached hydrogens (tertiary/aromatic N) is 6. The molecule has 2 saturated heterocycles. The molecular weight excluding hydrogens is 781 g/mol. The Labute approximate surface area is 362 Å². The predicted octanol–water partition coefficient (Wildman–Crippen LogP) is 8.47. The second-order valence-electron chi connectivity index (χ2n) is 16.2. The first-order chi connectivity index (χ1) is 30.1. The van der Waals surface area contributed by atoms with Gasteiger partial charge in [-0.05, 0) is 84.3 Å². The average Bonchev–Trinajstić information content (AvgIpc) is 4.15. The van der Waals surface area contributed by atoms with E-state index in [0.717, 1.165) is 87.8 Å². The summed E-state index contributed by atoms with van der Waals surface area (Å²) < 4.78 is 0. The van der Waals surface area contributed by atoms with Crippen molar-refractivity contribution in [2.45, 2.75) is 70.1 Å². The highest BCUT2D eigenvalue weighted by Gasteiger charge is 2.39. The van der Waals surface area contributed by atoms with Gasteiger partial charge in [0.25, 0.3) is 0 Å². The molecule has 3 amide bonds. The molecule has 6 aromatic rings. The van der Waals surface area contributed by atoms with Gasteiger partial charge in [0.2, 0.25) is 11.8 Å². The molecule has 2 aromatic heterocycles. The van der Waals surface area contributed by atoms with Crippen LogP contribution >= 0.6 is 0 Å². The van der Waals surface area contributed by atoms with Gasteiger partial charge in [-0.15, -0.1) is 0 Å². The highest BCUT2D eigenvalue weighted by Crippen LogP contribution is 2.37. The molecule has 0 radical (unpaired) electrons. The number of carbonyl (C=O) groups excluding carboxylic acids is 2. The van der Waals surface area contributed by atoms with Crippen molar-refractivity contribution in [3.63, 3.8) is 0 Å². The van der Waals surface area contributed by atoms with Gasteiger partial charge in [-0.1, -0.05) is 105 Å². The van der Waals surface area contributed by atoms with Crippen molar-refractivity contribution >= 4 is 17.9 Å². The first-order valence-corrected chi connectivity index (χ1v) is 21.6. The van der Waals surface area contributed by atoms with Crippen LogP contribution in [0, 0.1) is 0 Å². The summed E-state index contributed by atoms with van der Waals surface area (Å²) in [6.07, 6.45) is 5.92. The minimum absolute atomic E-state index is 0.104. The average molecular weight is 835 g/mol. The van der Waals surface area contributed by atoms with Crippen molar-refractivity contribution < 1.29 is 24.6 Å². The summed E-state index contributed by atoms with van der Waals surface area (Å²) in [5, 5.41) is 19.6. The molecule has 2 aliphatic rings. The number of rotatable bonds is 14. The number of imidazole rings is 2. The molecule has 2 fully saturated rings. The molecule has 4 N–H and O–H groups in total. The van der Waals surface area contributed by atoms with Gasteiger partial charge in [0, 0.05) is 26.6 Å². The first kappa shape index (κ1) is 42.0. The highest BCUT2D eigenvalue weighted by atomic mass is 16.4. The number of carbonyl (C=O) groups is 3. The number of nitrogens with one attached hydrogen (secondary N) is 2. The molecule has 320 valence electrons. The van der Waals surface area contributed by atoms with Crippen molar-refractivity contribution in [3.05, 3.63) is 138 Å². The Morgan fingerprint density at radius 2 is 1.18 bits per heavy atom. The van der Waals surface area contributed by atoms with E-state index in [1.807, 2.05) is 53.6 Å². The van der Waals surface area contributed by atoms with E-state index in [-0.39, 0.29) is 42.1 Å². The molecule has 0 bridgehead atoms. The van der Waals surface area contributed by atoms with Crippen LogP contribution in [-0.2, 0) is 16.0 Å². The van der Waals surface area contributed by atoms with Gasteiger partial charge in [-0.25, -0.2) is 14.8 Å². The van der Waals surface area contributed by atoms with E-state index in [2.05, 4.69) is 65.1 Å². The van der Waals surface area contributed by atoms with Gasteiger partial charge < -0.3 is 30.0 Å². The number of hydrogen-bond donors (Lipinski definition) is 4. The molecule has 13 nitrogen and oxygen atoms in total. The summed E-state index contributed by atoms with van der Waals surface area (Å²) in [5.41, 5.74) is 7.58. The van der Waals surface area contributed by atoms with Crippen molar-refractivity contribution in [1.29, 1.82) is 0 Å². The summed E-state index contributed by atoms with van der Waals surface area (Å²) >= 11 is 0. The number of aromatic hydroxyl groups is 1. The second-order valence-corrected chi connectivity index (χ2v) is 16.2. The number of likely N-dealkylation sites (N-methyl/N-ethyl adjacent to an activating group) is 2. The van der Waals surface area contributed by atoms with E-state index in [4.69, 9.17) is 9.97 Å². The maximum Gasteiger partial charge on any atom is 0.407 e. The Bertz CT molecular complexity index is 2460. The van der Waals surface area contributed by atoms with Crippen LogP contribution in [0.4, 0.5) is 4.79 Å². The number of carboxylic acid groups (broad SMARTS) is 1. The third-order valence-corrected chi connectivity index (χ3v) is 12.6. The standard InChI is InChI=1S/C49H54N8O5/c1-4-55(5-2)44(37-11-7-6-8-12-37)48(60)57-28-10-14-42(57)46-51-31-40(53-46)36-23-19-34(20-24-36)33-17-21-35(22-18-33)39-30-50-45(52-39)41-13-9-27-56(41)47(59)43(54(3)49(61)62)29-32-15-25-38(58)26-16-32/h6-8,11-12,15-26,30-31,41-44,58H,4-5,9-10,13-14,27-29H2,1-3H3,(H,50,52)(H,51,53)(H,61,62)/t41-,42-,43-,44+/m0/s1. The Balaban J connectivity index is 0.928. The summed E-state index contributed by atoms with van der Waals surface area (Å²) in [4.78, 5) is 63.8. The van der Waals surface area contributed by atoms with Crippen LogP contribution in [-0.4, -0.2) is 107 Å². The van der Waals surface area contributed by atoms with Crippen LogP contribution in [0.3, 0.4) is 0 Å². The summed E-state index contributed by atoms with van der Waals surface area (Å²) in [6, 6.07) is 31.5. The quantitative estimate of drug-likeness (QED) is 0.0850. The molecular formula is C49H54N8O5. The van der Waals surface area contributed by atoms with Crippen LogP contribution in [0.15, 0.2) is 116 Å². The number of likely N-dealkylation sites (tertiary alicyclic amines) is 2. The topological polar surface area (TPSA) is 162 Å². The fourth-order valence-corrected chi connectivity index (χ4v) is 9.08. The molecule has 2 aliphatic heterocycles. The van der Waals surface area contributed by atoms with Crippen LogP contribution in [0.25, 0.3) is 33.6 Å². The molecule has 4 atom stereocenters. The van der Waals surface area contributed by atoms with Crippen LogP contribution in [0.2, 0.25) is 0 Å². The lowest BCUT2D eigenvalue weighted by Crippen LogP contribution is -2.50. The van der Waals surface area contributed by atoms with E-state index >= 15 is 0 Å². The van der Waals surface area contributed by atoms with Gasteiger partial charge in [0.1, 0.15) is 29.5 Å². The van der Waals surface area contributed by atoms with Crippen molar-refractivity contribution in [3.8, 4) is 39.4 Å². The molecule has 13 heteroatoms. The number of phenols is 1. The smallest absolute Gasteiger partial charge is 0.407 e. The molecule has 4 heterocycles. The zero-order valence-electron chi connectivity index (χ0n) is 35.4. The maximum atomic E-state index is 14.2. The Hall–Kier alpha value is -6.73. The van der Waals surface area contributed by atoms with E-state index in [1.165, 1.54) is 19.2 Å². The van der Waals surface area contributed by atoms with E-state index in [9.17, 15) is 24.6 Å². The molecule has 62 heavy (non-hydrogen) atoms. The van der Waals surface area contributed by atoms with Crippen LogP contribution in [0.1, 0.15) is 80.4 Å². The molecule has 0 saturated carbocycles. The number of aromatic nitrogens is 4. The third-order valence-electron chi connectivity index (χ3n) is 12.6. The SMILES string of the molecule is CCN(CC)[C@@H](C(=O)N1CCC[C@H]1c1ncc(-c2ccc(-c3ccc(-c4cnc([C@@H]5CCCN5C(=O)[C@H](Cc5ccc(O)cc5)N(C)C(=O)O)[nH]4)cc3)cc2)[nH]1)c1ccccc1. The van der Waals surface area contributed by atoms with Crippen molar-refractivity contribution in [2.75, 3.05) is 33.2 Å². The molecule has 4 aromatic carbocycles. The normalized spacial score (nSPS) is 17.4. The summed E-state index contributed by atoms with van der Waals surface area (Å²) in [7, 11) is 1.42. The molecule has 0 aliphatic carbocycles.